The lowest BCUT2D eigenvalue weighted by Crippen LogP contribution is -2.07. The quantitative estimate of drug-likeness (QED) is 0.706. The molecule has 1 aliphatic rings. The molecule has 0 amide bonds. The van der Waals surface area contributed by atoms with Crippen LogP contribution >= 0.6 is 11.8 Å². The van der Waals surface area contributed by atoms with Crippen LogP contribution in [0.15, 0.2) is 51.6 Å². The monoisotopic (exact) mass is 336 g/mol. The van der Waals surface area contributed by atoms with Crippen molar-refractivity contribution in [2.24, 2.45) is 5.10 Å². The highest BCUT2D eigenvalue weighted by atomic mass is 32.2. The van der Waals surface area contributed by atoms with Gasteiger partial charge in [0, 0.05) is 10.3 Å². The zero-order chi connectivity index (χ0) is 16.7. The van der Waals surface area contributed by atoms with Gasteiger partial charge in [0.25, 0.3) is 0 Å². The number of methoxy groups -OCH3 is 1. The first-order chi connectivity index (χ1) is 11.7. The Hall–Kier alpha value is -2.60. The van der Waals surface area contributed by atoms with Crippen LogP contribution in [0.2, 0.25) is 0 Å². The fourth-order valence-electron chi connectivity index (χ4n) is 2.76. The third-order valence-corrected chi connectivity index (χ3v) is 5.07. The smallest absolute Gasteiger partial charge is 0.216 e. The molecule has 120 valence electrons. The van der Waals surface area contributed by atoms with E-state index >= 15 is 0 Å². The van der Waals surface area contributed by atoms with Crippen molar-refractivity contribution in [3.63, 3.8) is 0 Å². The van der Waals surface area contributed by atoms with Gasteiger partial charge in [-0.2, -0.15) is 9.78 Å². The number of ether oxygens (including phenoxy) is 1. The molecule has 1 aliphatic heterocycles. The average Bonchev–Trinajstić information content (AvgIpc) is 2.96. The van der Waals surface area contributed by atoms with E-state index in [-0.39, 0.29) is 0 Å². The number of rotatable bonds is 2. The van der Waals surface area contributed by atoms with Crippen molar-refractivity contribution in [2.75, 3.05) is 7.11 Å². The second-order valence-corrected chi connectivity index (χ2v) is 6.55. The molecule has 0 N–H and O–H groups in total. The van der Waals surface area contributed by atoms with Crippen LogP contribution in [0.4, 0.5) is 0 Å². The Bertz CT molecular complexity index is 1000. The summed E-state index contributed by atoms with van der Waals surface area (Å²) in [5, 5.41) is 15.9. The number of aryl methyl sites for hydroxylation is 1. The van der Waals surface area contributed by atoms with E-state index in [1.807, 2.05) is 32.0 Å². The van der Waals surface area contributed by atoms with E-state index in [0.717, 1.165) is 43.7 Å². The fourth-order valence-corrected chi connectivity index (χ4v) is 3.67. The highest BCUT2D eigenvalue weighted by Gasteiger charge is 2.19. The van der Waals surface area contributed by atoms with E-state index < -0.39 is 0 Å². The van der Waals surface area contributed by atoms with Gasteiger partial charge in [-0.05, 0) is 48.7 Å². The van der Waals surface area contributed by atoms with Crippen molar-refractivity contribution in [1.82, 2.24) is 14.9 Å². The van der Waals surface area contributed by atoms with Gasteiger partial charge in [0.15, 0.2) is 5.82 Å². The molecule has 5 nitrogen and oxygen atoms in total. The van der Waals surface area contributed by atoms with E-state index in [2.05, 4.69) is 39.6 Å². The molecular weight excluding hydrogens is 320 g/mol. The van der Waals surface area contributed by atoms with Crippen molar-refractivity contribution >= 4 is 34.3 Å². The minimum atomic E-state index is 0.794. The molecule has 1 aromatic heterocycles. The van der Waals surface area contributed by atoms with Crippen LogP contribution in [-0.2, 0) is 0 Å². The molecule has 3 aromatic rings. The zero-order valence-electron chi connectivity index (χ0n) is 13.6. The number of thioether (sulfide) groups is 1. The number of allylic oxidation sites excluding steroid dienone is 1. The highest BCUT2D eigenvalue weighted by Crippen LogP contribution is 2.35. The second-order valence-electron chi connectivity index (χ2n) is 5.54. The summed E-state index contributed by atoms with van der Waals surface area (Å²) in [5.41, 5.74) is 2.09. The van der Waals surface area contributed by atoms with Crippen molar-refractivity contribution in [2.45, 2.75) is 19.0 Å². The SMILES string of the molecule is COc1ccc(C=C2Sc3nnc(C)n3N=C2C)c2ccccc12. The molecule has 0 saturated heterocycles. The molecular formula is C18H16N4OS. The molecule has 0 unspecified atom stereocenters. The number of fused-ring (bicyclic) bond motifs is 2. The van der Waals surface area contributed by atoms with E-state index in [9.17, 15) is 0 Å². The molecule has 0 atom stereocenters. The number of benzene rings is 2. The molecule has 0 bridgehead atoms. The van der Waals surface area contributed by atoms with Gasteiger partial charge in [0.05, 0.1) is 12.8 Å². The van der Waals surface area contributed by atoms with Gasteiger partial charge in [0.2, 0.25) is 5.16 Å². The second kappa shape index (κ2) is 5.79. The van der Waals surface area contributed by atoms with E-state index in [4.69, 9.17) is 4.74 Å². The summed E-state index contributed by atoms with van der Waals surface area (Å²) in [4.78, 5) is 1.07. The van der Waals surface area contributed by atoms with Crippen LogP contribution in [-0.4, -0.2) is 27.7 Å². The predicted octanol–water partition coefficient (Wildman–Crippen LogP) is 4.12. The first-order valence-electron chi connectivity index (χ1n) is 7.60. The van der Waals surface area contributed by atoms with Crippen LogP contribution in [0.1, 0.15) is 18.3 Å². The average molecular weight is 336 g/mol. The summed E-state index contributed by atoms with van der Waals surface area (Å²) in [6, 6.07) is 12.3. The lowest BCUT2D eigenvalue weighted by molar-refractivity contribution is 0.420. The largest absolute Gasteiger partial charge is 0.496 e. The van der Waals surface area contributed by atoms with Gasteiger partial charge in [-0.15, -0.1) is 10.2 Å². The number of hydrogen-bond acceptors (Lipinski definition) is 5. The minimum Gasteiger partial charge on any atom is -0.496 e. The maximum atomic E-state index is 5.47. The van der Waals surface area contributed by atoms with Gasteiger partial charge in [0.1, 0.15) is 5.75 Å². The van der Waals surface area contributed by atoms with Gasteiger partial charge in [-0.25, -0.2) is 0 Å². The molecule has 4 rings (SSSR count). The number of nitrogens with zero attached hydrogens (tertiary/aromatic N) is 4. The van der Waals surface area contributed by atoms with Crippen molar-refractivity contribution < 1.29 is 4.74 Å². The molecule has 24 heavy (non-hydrogen) atoms. The summed E-state index contributed by atoms with van der Waals surface area (Å²) in [6.07, 6.45) is 2.15. The van der Waals surface area contributed by atoms with Crippen LogP contribution < -0.4 is 4.74 Å². The molecule has 2 aromatic carbocycles. The van der Waals surface area contributed by atoms with Crippen LogP contribution in [0, 0.1) is 6.92 Å². The molecule has 6 heteroatoms. The highest BCUT2D eigenvalue weighted by molar-refractivity contribution is 8.04. The Morgan fingerprint density at radius 3 is 2.62 bits per heavy atom. The third-order valence-electron chi connectivity index (χ3n) is 4.00. The van der Waals surface area contributed by atoms with Crippen LogP contribution in [0.3, 0.4) is 0 Å². The minimum absolute atomic E-state index is 0.794. The first kappa shape index (κ1) is 15.0. The summed E-state index contributed by atoms with van der Waals surface area (Å²) in [6.45, 7) is 3.91. The Morgan fingerprint density at radius 2 is 1.83 bits per heavy atom. The molecule has 2 heterocycles. The normalized spacial score (nSPS) is 15.5. The third kappa shape index (κ3) is 2.39. The van der Waals surface area contributed by atoms with E-state index in [1.165, 1.54) is 0 Å². The van der Waals surface area contributed by atoms with Crippen molar-refractivity contribution in [1.29, 1.82) is 0 Å². The van der Waals surface area contributed by atoms with E-state index in [1.54, 1.807) is 23.5 Å². The predicted molar refractivity (Wildman–Crippen MR) is 97.6 cm³/mol. The molecule has 0 saturated carbocycles. The molecule has 0 radical (unpaired) electrons. The maximum absolute atomic E-state index is 5.47. The summed E-state index contributed by atoms with van der Waals surface area (Å²) in [5.74, 6) is 1.68. The fraction of sp³-hybridized carbons (Fsp3) is 0.167. The van der Waals surface area contributed by atoms with Crippen LogP contribution in [0.25, 0.3) is 16.8 Å². The maximum Gasteiger partial charge on any atom is 0.216 e. The summed E-state index contributed by atoms with van der Waals surface area (Å²) < 4.78 is 7.25. The standard InChI is InChI=1S/C18H16N4OS/c1-11-17(24-18-20-19-12(2)22(18)21-11)10-13-8-9-16(23-3)15-7-5-4-6-14(13)15/h4-10H,1-3H3. The number of hydrogen-bond donors (Lipinski definition) is 0. The van der Waals surface area contributed by atoms with Gasteiger partial charge in [-0.1, -0.05) is 30.3 Å². The zero-order valence-corrected chi connectivity index (χ0v) is 14.5. The Balaban J connectivity index is 1.84. The first-order valence-corrected chi connectivity index (χ1v) is 8.42. The topological polar surface area (TPSA) is 52.3 Å². The number of aromatic nitrogens is 3. The van der Waals surface area contributed by atoms with Gasteiger partial charge in [-0.3, -0.25) is 0 Å². The van der Waals surface area contributed by atoms with Crippen molar-refractivity contribution in [3.8, 4) is 5.75 Å². The van der Waals surface area contributed by atoms with Gasteiger partial charge >= 0.3 is 0 Å². The molecule has 0 fully saturated rings. The Labute approximate surface area is 144 Å². The van der Waals surface area contributed by atoms with E-state index in [0.29, 0.717) is 0 Å². The summed E-state index contributed by atoms with van der Waals surface area (Å²) >= 11 is 1.59. The molecule has 0 spiro atoms. The summed E-state index contributed by atoms with van der Waals surface area (Å²) in [7, 11) is 1.70. The lowest BCUT2D eigenvalue weighted by atomic mass is 10.0. The lowest BCUT2D eigenvalue weighted by Gasteiger charge is -2.14. The van der Waals surface area contributed by atoms with Crippen molar-refractivity contribution in [3.05, 3.63) is 52.7 Å². The van der Waals surface area contributed by atoms with Crippen LogP contribution in [0.5, 0.6) is 5.75 Å². The Morgan fingerprint density at radius 1 is 1.04 bits per heavy atom. The molecule has 0 aliphatic carbocycles. The van der Waals surface area contributed by atoms with Gasteiger partial charge < -0.3 is 4.74 Å². The Kier molecular flexibility index (Phi) is 3.61.